The molecule has 0 atom stereocenters. The Bertz CT molecular complexity index is 200. The van der Waals surface area contributed by atoms with Crippen LogP contribution in [0.1, 0.15) is 6.92 Å². The smallest absolute Gasteiger partial charge is 0.401 e. The second-order valence-electron chi connectivity index (χ2n) is 5.79. The lowest BCUT2D eigenvalue weighted by Crippen LogP contribution is -2.59. The van der Waals surface area contributed by atoms with Crippen LogP contribution < -0.4 is 0 Å². The molecular weight excluding hydrogens is 284 g/mol. The van der Waals surface area contributed by atoms with E-state index in [1.807, 2.05) is 6.92 Å². The van der Waals surface area contributed by atoms with E-state index in [-0.39, 0.29) is 0 Å². The van der Waals surface area contributed by atoms with Gasteiger partial charge in [0.05, 0.1) is 0 Å². The van der Waals surface area contributed by atoms with E-state index in [4.69, 9.17) is 16.8 Å². The minimum absolute atomic E-state index is 0.579. The SMILES string of the molecule is CCO[Si](O[SiH2]C)(O[Si](C)(C)C)O[Si](C)(C)C. The van der Waals surface area contributed by atoms with E-state index in [1.165, 1.54) is 0 Å². The predicted octanol–water partition coefficient (Wildman–Crippen LogP) is 2.31. The van der Waals surface area contributed by atoms with Crippen LogP contribution in [0.3, 0.4) is 0 Å². The van der Waals surface area contributed by atoms with Gasteiger partial charge in [-0.3, -0.25) is 0 Å². The fourth-order valence-corrected chi connectivity index (χ4v) is 11.9. The van der Waals surface area contributed by atoms with Crippen molar-refractivity contribution in [2.24, 2.45) is 0 Å². The Hall–Kier alpha value is 0.708. The van der Waals surface area contributed by atoms with Gasteiger partial charge in [0.25, 0.3) is 0 Å². The monoisotopic (exact) mass is 312 g/mol. The fourth-order valence-electron chi connectivity index (χ4n) is 1.28. The van der Waals surface area contributed by atoms with Gasteiger partial charge >= 0.3 is 9.05 Å². The highest BCUT2D eigenvalue weighted by Gasteiger charge is 2.50. The van der Waals surface area contributed by atoms with Crippen molar-refractivity contribution in [1.29, 1.82) is 0 Å². The van der Waals surface area contributed by atoms with Crippen LogP contribution in [-0.2, 0) is 16.8 Å². The van der Waals surface area contributed by atoms with Crippen LogP contribution in [0.2, 0.25) is 45.8 Å². The quantitative estimate of drug-likeness (QED) is 0.645. The molecule has 0 heterocycles. The highest BCUT2D eigenvalue weighted by atomic mass is 28.5. The Morgan fingerprint density at radius 3 is 1.53 bits per heavy atom. The van der Waals surface area contributed by atoms with Crippen LogP contribution in [0.25, 0.3) is 0 Å². The van der Waals surface area contributed by atoms with Crippen LogP contribution in [0.4, 0.5) is 0 Å². The lowest BCUT2D eigenvalue weighted by Gasteiger charge is -2.37. The van der Waals surface area contributed by atoms with Crippen molar-refractivity contribution < 1.29 is 16.8 Å². The molecule has 0 unspecified atom stereocenters. The Morgan fingerprint density at radius 2 is 1.29 bits per heavy atom. The molecule has 0 rings (SSSR count). The summed E-state index contributed by atoms with van der Waals surface area (Å²) < 4.78 is 24.0. The molecule has 0 aromatic heterocycles. The second kappa shape index (κ2) is 6.75. The summed E-state index contributed by atoms with van der Waals surface area (Å²) >= 11 is 0. The average Bonchev–Trinajstić information content (AvgIpc) is 1.96. The van der Waals surface area contributed by atoms with Gasteiger partial charge in [0.2, 0.25) is 0 Å². The van der Waals surface area contributed by atoms with E-state index in [0.717, 1.165) is 0 Å². The standard InChI is InChI=1S/C9H28O4Si4/c1-9-10-17(11-14-2,12-15(3,4)5)13-16(6,7)8/h9,14H2,1-8H3. The summed E-state index contributed by atoms with van der Waals surface area (Å²) in [5, 5.41) is 0. The maximum Gasteiger partial charge on any atom is 0.647 e. The Morgan fingerprint density at radius 1 is 0.882 bits per heavy atom. The summed E-state index contributed by atoms with van der Waals surface area (Å²) in [6, 6.07) is 0. The summed E-state index contributed by atoms with van der Waals surface area (Å²) in [4.78, 5) is 0. The first-order valence-corrected chi connectivity index (χ1v) is 16.7. The topological polar surface area (TPSA) is 36.9 Å². The van der Waals surface area contributed by atoms with Gasteiger partial charge in [-0.1, -0.05) is 6.55 Å². The number of hydrogen-bond donors (Lipinski definition) is 0. The summed E-state index contributed by atoms with van der Waals surface area (Å²) in [6.07, 6.45) is 0. The molecule has 17 heavy (non-hydrogen) atoms. The molecule has 0 aliphatic heterocycles. The summed E-state index contributed by atoms with van der Waals surface area (Å²) in [5.74, 6) is 0. The van der Waals surface area contributed by atoms with Crippen molar-refractivity contribution in [3.8, 4) is 0 Å². The first-order valence-electron chi connectivity index (χ1n) is 6.22. The Kier molecular flexibility index (Phi) is 7.03. The van der Waals surface area contributed by atoms with E-state index < -0.39 is 35.4 Å². The van der Waals surface area contributed by atoms with Gasteiger partial charge in [0, 0.05) is 6.61 Å². The predicted molar refractivity (Wildman–Crippen MR) is 81.7 cm³/mol. The fraction of sp³-hybridized carbons (Fsp3) is 1.00. The Labute approximate surface area is 112 Å². The molecule has 0 saturated carbocycles. The number of rotatable bonds is 8. The van der Waals surface area contributed by atoms with Crippen molar-refractivity contribution in [2.75, 3.05) is 6.61 Å². The lowest BCUT2D eigenvalue weighted by atomic mass is 10.9. The third-order valence-electron chi connectivity index (χ3n) is 1.50. The van der Waals surface area contributed by atoms with Crippen LogP contribution in [0.15, 0.2) is 0 Å². The average molecular weight is 313 g/mol. The molecule has 4 nitrogen and oxygen atoms in total. The molecule has 0 spiro atoms. The molecule has 0 N–H and O–H groups in total. The van der Waals surface area contributed by atoms with Gasteiger partial charge in [-0.25, -0.2) is 0 Å². The molecule has 8 heteroatoms. The van der Waals surface area contributed by atoms with Gasteiger partial charge in [-0.2, -0.15) is 0 Å². The first kappa shape index (κ1) is 17.7. The first-order chi connectivity index (χ1) is 7.54. The van der Waals surface area contributed by atoms with Crippen LogP contribution >= 0.6 is 0 Å². The van der Waals surface area contributed by atoms with E-state index in [9.17, 15) is 0 Å². The van der Waals surface area contributed by atoms with Crippen LogP contribution in [0, 0.1) is 0 Å². The van der Waals surface area contributed by atoms with Gasteiger partial charge < -0.3 is 16.8 Å². The van der Waals surface area contributed by atoms with Crippen molar-refractivity contribution in [3.05, 3.63) is 0 Å². The second-order valence-corrected chi connectivity index (χ2v) is 18.9. The molecule has 0 saturated heterocycles. The molecule has 0 bridgehead atoms. The van der Waals surface area contributed by atoms with E-state index >= 15 is 0 Å². The van der Waals surface area contributed by atoms with Gasteiger partial charge in [-0.05, 0) is 46.2 Å². The molecule has 0 amide bonds. The highest BCUT2D eigenvalue weighted by molar-refractivity contribution is 6.84. The third kappa shape index (κ3) is 8.43. The molecule has 0 radical (unpaired) electrons. The van der Waals surface area contributed by atoms with Crippen molar-refractivity contribution in [1.82, 2.24) is 0 Å². The van der Waals surface area contributed by atoms with E-state index in [2.05, 4.69) is 45.8 Å². The largest absolute Gasteiger partial charge is 0.647 e. The zero-order chi connectivity index (χ0) is 13.7. The van der Waals surface area contributed by atoms with Gasteiger partial charge in [-0.15, -0.1) is 0 Å². The zero-order valence-electron chi connectivity index (χ0n) is 12.5. The third-order valence-corrected chi connectivity index (χ3v) is 11.6. The summed E-state index contributed by atoms with van der Waals surface area (Å²) in [7, 11) is -6.97. The molecule has 104 valence electrons. The molecule has 0 fully saturated rings. The minimum Gasteiger partial charge on any atom is -0.401 e. The van der Waals surface area contributed by atoms with Crippen molar-refractivity contribution in [3.63, 3.8) is 0 Å². The Balaban J connectivity index is 4.97. The normalized spacial score (nSPS) is 14.8. The maximum atomic E-state index is 6.16. The van der Waals surface area contributed by atoms with Crippen molar-refractivity contribution in [2.45, 2.75) is 52.8 Å². The number of hydrogen-bond acceptors (Lipinski definition) is 4. The molecule has 0 aromatic carbocycles. The van der Waals surface area contributed by atoms with E-state index in [0.29, 0.717) is 6.61 Å². The summed E-state index contributed by atoms with van der Waals surface area (Å²) in [6.45, 7) is 17.5. The highest BCUT2D eigenvalue weighted by Crippen LogP contribution is 2.22. The van der Waals surface area contributed by atoms with Gasteiger partial charge in [0.15, 0.2) is 26.4 Å². The van der Waals surface area contributed by atoms with Gasteiger partial charge in [0.1, 0.15) is 0 Å². The molecule has 0 aliphatic carbocycles. The van der Waals surface area contributed by atoms with Crippen molar-refractivity contribution >= 4 is 35.4 Å². The molecule has 0 aromatic rings. The molecule has 0 aliphatic rings. The molecular formula is C9H28O4Si4. The summed E-state index contributed by atoms with van der Waals surface area (Å²) in [5.41, 5.74) is 0. The van der Waals surface area contributed by atoms with E-state index in [1.54, 1.807) is 0 Å². The van der Waals surface area contributed by atoms with Crippen LogP contribution in [0.5, 0.6) is 0 Å². The maximum absolute atomic E-state index is 6.16. The minimum atomic E-state index is -2.88. The van der Waals surface area contributed by atoms with Crippen LogP contribution in [-0.4, -0.2) is 42.1 Å². The lowest BCUT2D eigenvalue weighted by molar-refractivity contribution is 0.0942. The zero-order valence-corrected chi connectivity index (χ0v) is 17.0.